The third-order valence-corrected chi connectivity index (χ3v) is 1.31. The minimum Gasteiger partial charge on any atom is -0.327 e. The number of halogens is 1. The molecule has 0 amide bonds. The molecule has 0 unspecified atom stereocenters. The second-order valence-electron chi connectivity index (χ2n) is 1.71. The second-order valence-corrected chi connectivity index (χ2v) is 2.12. The van der Waals surface area contributed by atoms with Crippen molar-refractivity contribution in [3.8, 4) is 12.3 Å². The molecule has 50 valence electrons. The van der Waals surface area contributed by atoms with E-state index in [9.17, 15) is 4.79 Å². The standard InChI is InChI=1S/C7H4ClNO/c1-2-5-3-6(8)7(10)9-4-5/h1,3-4H,(H,9,10). The van der Waals surface area contributed by atoms with Crippen LogP contribution in [-0.2, 0) is 0 Å². The lowest BCUT2D eigenvalue weighted by Gasteiger charge is -1.88. The van der Waals surface area contributed by atoms with Gasteiger partial charge < -0.3 is 4.98 Å². The molecular weight excluding hydrogens is 150 g/mol. The molecule has 0 fully saturated rings. The number of hydrogen-bond acceptors (Lipinski definition) is 1. The Morgan fingerprint density at radius 1 is 1.70 bits per heavy atom. The van der Waals surface area contributed by atoms with E-state index in [1.165, 1.54) is 12.3 Å². The van der Waals surface area contributed by atoms with Crippen LogP contribution in [0.25, 0.3) is 0 Å². The number of terminal acetylenes is 1. The van der Waals surface area contributed by atoms with Gasteiger partial charge in [0.05, 0.1) is 0 Å². The molecular formula is C7H4ClNO. The van der Waals surface area contributed by atoms with Gasteiger partial charge in [-0.15, -0.1) is 6.42 Å². The van der Waals surface area contributed by atoms with E-state index in [0.29, 0.717) is 5.56 Å². The van der Waals surface area contributed by atoms with E-state index in [2.05, 4.69) is 10.9 Å². The van der Waals surface area contributed by atoms with E-state index in [1.54, 1.807) is 0 Å². The molecule has 10 heavy (non-hydrogen) atoms. The van der Waals surface area contributed by atoms with Gasteiger partial charge in [0.1, 0.15) is 5.02 Å². The number of nitrogens with one attached hydrogen (secondary N) is 1. The number of rotatable bonds is 0. The van der Waals surface area contributed by atoms with Gasteiger partial charge in [0, 0.05) is 11.8 Å². The molecule has 0 aliphatic carbocycles. The average molecular weight is 154 g/mol. The lowest BCUT2D eigenvalue weighted by Crippen LogP contribution is -2.04. The van der Waals surface area contributed by atoms with Gasteiger partial charge in [-0.1, -0.05) is 17.5 Å². The Morgan fingerprint density at radius 3 is 2.90 bits per heavy atom. The summed E-state index contributed by atoms with van der Waals surface area (Å²) < 4.78 is 0. The molecule has 1 aromatic heterocycles. The summed E-state index contributed by atoms with van der Waals surface area (Å²) in [6, 6.07) is 1.44. The monoisotopic (exact) mass is 153 g/mol. The summed E-state index contributed by atoms with van der Waals surface area (Å²) in [6.45, 7) is 0. The lowest BCUT2D eigenvalue weighted by atomic mass is 10.3. The second kappa shape index (κ2) is 2.59. The molecule has 0 aliphatic heterocycles. The van der Waals surface area contributed by atoms with Crippen molar-refractivity contribution >= 4 is 11.6 Å². The van der Waals surface area contributed by atoms with Crippen LogP contribution in [0, 0.1) is 12.3 Å². The molecule has 0 radical (unpaired) electrons. The zero-order valence-electron chi connectivity index (χ0n) is 5.02. The first kappa shape index (κ1) is 6.91. The normalized spacial score (nSPS) is 8.80. The van der Waals surface area contributed by atoms with Crippen LogP contribution in [-0.4, -0.2) is 4.98 Å². The molecule has 0 aromatic carbocycles. The molecule has 1 aromatic rings. The first-order chi connectivity index (χ1) is 4.74. The van der Waals surface area contributed by atoms with E-state index in [-0.39, 0.29) is 10.6 Å². The molecule has 0 bridgehead atoms. The Hall–Kier alpha value is -1.20. The molecule has 0 spiro atoms. The molecule has 0 saturated heterocycles. The van der Waals surface area contributed by atoms with Gasteiger partial charge in [-0.3, -0.25) is 4.79 Å². The highest BCUT2D eigenvalue weighted by molar-refractivity contribution is 6.30. The highest BCUT2D eigenvalue weighted by Crippen LogP contribution is 2.01. The van der Waals surface area contributed by atoms with Crippen LogP contribution in [0.2, 0.25) is 5.02 Å². The van der Waals surface area contributed by atoms with E-state index < -0.39 is 0 Å². The summed E-state index contributed by atoms with van der Waals surface area (Å²) in [5.74, 6) is 2.34. The summed E-state index contributed by atoms with van der Waals surface area (Å²) in [5, 5.41) is 0.121. The molecule has 3 heteroatoms. The van der Waals surface area contributed by atoms with Crippen molar-refractivity contribution in [1.29, 1.82) is 0 Å². The summed E-state index contributed by atoms with van der Waals surface area (Å²) in [4.78, 5) is 13.0. The first-order valence-electron chi connectivity index (χ1n) is 2.59. The fourth-order valence-electron chi connectivity index (χ4n) is 0.539. The predicted octanol–water partition coefficient (Wildman–Crippen LogP) is 1.01. The predicted molar refractivity (Wildman–Crippen MR) is 40.0 cm³/mol. The van der Waals surface area contributed by atoms with Gasteiger partial charge in [0.15, 0.2) is 0 Å². The van der Waals surface area contributed by atoms with Crippen LogP contribution in [0.5, 0.6) is 0 Å². The van der Waals surface area contributed by atoms with Crippen molar-refractivity contribution in [2.45, 2.75) is 0 Å². The molecule has 2 nitrogen and oxygen atoms in total. The fraction of sp³-hybridized carbons (Fsp3) is 0. The number of H-pyrrole nitrogens is 1. The Kier molecular flexibility index (Phi) is 1.79. The van der Waals surface area contributed by atoms with Gasteiger partial charge in [0.25, 0.3) is 5.56 Å². The molecule has 1 N–H and O–H groups in total. The van der Waals surface area contributed by atoms with Gasteiger partial charge >= 0.3 is 0 Å². The SMILES string of the molecule is C#Cc1c[nH]c(=O)c(Cl)c1. The zero-order chi connectivity index (χ0) is 7.56. The third-order valence-electron chi connectivity index (χ3n) is 1.02. The lowest BCUT2D eigenvalue weighted by molar-refractivity contribution is 1.23. The van der Waals surface area contributed by atoms with Gasteiger partial charge in [-0.25, -0.2) is 0 Å². The average Bonchev–Trinajstić information content (AvgIpc) is 1.95. The minimum atomic E-state index is -0.319. The summed E-state index contributed by atoms with van der Waals surface area (Å²) in [6.07, 6.45) is 6.48. The van der Waals surface area contributed by atoms with Gasteiger partial charge in [-0.2, -0.15) is 0 Å². The Bertz CT molecular complexity index is 334. The Morgan fingerprint density at radius 2 is 2.40 bits per heavy atom. The van der Waals surface area contributed by atoms with E-state index in [0.717, 1.165) is 0 Å². The largest absolute Gasteiger partial charge is 0.327 e. The Labute approximate surface area is 62.8 Å². The van der Waals surface area contributed by atoms with Crippen LogP contribution in [0.3, 0.4) is 0 Å². The maximum absolute atomic E-state index is 10.6. The van der Waals surface area contributed by atoms with Gasteiger partial charge in [0.2, 0.25) is 0 Å². The maximum Gasteiger partial charge on any atom is 0.266 e. The van der Waals surface area contributed by atoms with Crippen LogP contribution < -0.4 is 5.56 Å². The van der Waals surface area contributed by atoms with Crippen molar-refractivity contribution in [3.63, 3.8) is 0 Å². The summed E-state index contributed by atoms with van der Waals surface area (Å²) >= 11 is 5.45. The quantitative estimate of drug-likeness (QED) is 0.555. The van der Waals surface area contributed by atoms with E-state index >= 15 is 0 Å². The van der Waals surface area contributed by atoms with Crippen LogP contribution >= 0.6 is 11.6 Å². The highest BCUT2D eigenvalue weighted by Gasteiger charge is 1.93. The number of hydrogen-bond donors (Lipinski definition) is 1. The van der Waals surface area contributed by atoms with Crippen LogP contribution in [0.15, 0.2) is 17.1 Å². The van der Waals surface area contributed by atoms with E-state index in [4.69, 9.17) is 18.0 Å². The zero-order valence-corrected chi connectivity index (χ0v) is 5.77. The van der Waals surface area contributed by atoms with Crippen molar-refractivity contribution in [1.82, 2.24) is 4.98 Å². The molecule has 0 atom stereocenters. The summed E-state index contributed by atoms with van der Waals surface area (Å²) in [5.41, 5.74) is 0.255. The fourth-order valence-corrected chi connectivity index (χ4v) is 0.711. The molecule has 0 saturated carbocycles. The topological polar surface area (TPSA) is 32.9 Å². The molecule has 1 heterocycles. The molecule has 0 aliphatic rings. The van der Waals surface area contributed by atoms with Gasteiger partial charge in [-0.05, 0) is 6.07 Å². The number of aromatic amines is 1. The first-order valence-corrected chi connectivity index (χ1v) is 2.96. The van der Waals surface area contributed by atoms with Crippen LogP contribution in [0.1, 0.15) is 5.56 Å². The van der Waals surface area contributed by atoms with Crippen LogP contribution in [0.4, 0.5) is 0 Å². The van der Waals surface area contributed by atoms with Crippen molar-refractivity contribution in [2.24, 2.45) is 0 Å². The molecule has 1 rings (SSSR count). The maximum atomic E-state index is 10.6. The number of pyridine rings is 1. The highest BCUT2D eigenvalue weighted by atomic mass is 35.5. The van der Waals surface area contributed by atoms with Crippen molar-refractivity contribution in [2.75, 3.05) is 0 Å². The van der Waals surface area contributed by atoms with Crippen molar-refractivity contribution < 1.29 is 0 Å². The van der Waals surface area contributed by atoms with E-state index in [1.807, 2.05) is 0 Å². The third kappa shape index (κ3) is 1.20. The Balaban J connectivity index is 3.34. The minimum absolute atomic E-state index is 0.121. The smallest absolute Gasteiger partial charge is 0.266 e. The number of aromatic nitrogens is 1. The van der Waals surface area contributed by atoms with Crippen molar-refractivity contribution in [3.05, 3.63) is 33.2 Å². The summed E-state index contributed by atoms with van der Waals surface area (Å²) in [7, 11) is 0.